The van der Waals surface area contributed by atoms with E-state index in [9.17, 15) is 14.7 Å². The predicted octanol–water partition coefficient (Wildman–Crippen LogP) is 7.00. The van der Waals surface area contributed by atoms with Crippen LogP contribution in [0.1, 0.15) is 28.1 Å². The number of hydrogen-bond acceptors (Lipinski definition) is 5. The molecule has 2 amide bonds. The van der Waals surface area contributed by atoms with Crippen LogP contribution in [0.4, 0.5) is 0 Å². The number of nitrogens with two attached hydrogens (primary N) is 1. The first kappa shape index (κ1) is 28.5. The van der Waals surface area contributed by atoms with E-state index >= 15 is 0 Å². The number of primary amides is 1. The molecule has 0 radical (unpaired) electrons. The number of hydrogen-bond donors (Lipinski definition) is 3. The summed E-state index contributed by atoms with van der Waals surface area (Å²) in [4.78, 5) is 28.8. The maximum Gasteiger partial charge on any atom is 0.267 e. The van der Waals surface area contributed by atoms with Gasteiger partial charge in [0, 0.05) is 45.7 Å². The highest BCUT2D eigenvalue weighted by Gasteiger charge is 2.41. The Labute approximate surface area is 251 Å². The van der Waals surface area contributed by atoms with Crippen molar-refractivity contribution in [2.75, 3.05) is 13.1 Å². The summed E-state index contributed by atoms with van der Waals surface area (Å²) in [6.45, 7) is 1.08. The van der Waals surface area contributed by atoms with Gasteiger partial charge in [-0.2, -0.15) is 0 Å². The number of halogens is 3. The zero-order valence-corrected chi connectivity index (χ0v) is 24.4. The molecule has 4 aromatic rings. The molecule has 206 valence electrons. The molecule has 0 aliphatic carbocycles. The van der Waals surface area contributed by atoms with Gasteiger partial charge in [0.05, 0.1) is 5.02 Å². The van der Waals surface area contributed by atoms with E-state index in [-0.39, 0.29) is 16.5 Å². The number of nitrogens with zero attached hydrogens (tertiary/aromatic N) is 1. The van der Waals surface area contributed by atoms with Crippen molar-refractivity contribution < 1.29 is 14.7 Å². The normalized spacial score (nSPS) is 14.7. The number of amides is 2. The van der Waals surface area contributed by atoms with Crippen LogP contribution >= 0.6 is 46.1 Å². The molecule has 0 saturated carbocycles. The molecular formula is C30H26Cl3N3O3S. The second-order valence-corrected chi connectivity index (χ2v) is 12.0. The Kier molecular flexibility index (Phi) is 8.40. The lowest BCUT2D eigenvalue weighted by Gasteiger charge is -2.40. The maximum absolute atomic E-state index is 13.8. The molecule has 1 saturated heterocycles. The van der Waals surface area contributed by atoms with Crippen molar-refractivity contribution in [3.05, 3.63) is 98.3 Å². The largest absolute Gasteiger partial charge is 0.506 e. The van der Waals surface area contributed by atoms with Crippen molar-refractivity contribution >= 4 is 58.0 Å². The molecule has 1 aliphatic rings. The van der Waals surface area contributed by atoms with Crippen LogP contribution in [0, 0.1) is 0 Å². The number of rotatable bonds is 7. The van der Waals surface area contributed by atoms with Gasteiger partial charge in [0.25, 0.3) is 5.91 Å². The number of nitrogens with one attached hydrogen (secondary N) is 1. The minimum atomic E-state index is -0.930. The van der Waals surface area contributed by atoms with Crippen LogP contribution in [0.5, 0.6) is 5.75 Å². The van der Waals surface area contributed by atoms with Crippen LogP contribution in [0.3, 0.4) is 0 Å². The van der Waals surface area contributed by atoms with E-state index < -0.39 is 11.4 Å². The Balaban J connectivity index is 1.43. The van der Waals surface area contributed by atoms with Crippen LogP contribution in [0.15, 0.2) is 72.8 Å². The minimum absolute atomic E-state index is 0.132. The van der Waals surface area contributed by atoms with Crippen LogP contribution in [0.25, 0.3) is 21.6 Å². The third-order valence-corrected chi connectivity index (χ3v) is 9.24. The van der Waals surface area contributed by atoms with Gasteiger partial charge in [-0.3, -0.25) is 14.9 Å². The molecule has 3 aromatic carbocycles. The monoisotopic (exact) mass is 613 g/mol. The molecule has 1 aromatic heterocycles. The fourth-order valence-electron chi connectivity index (χ4n) is 4.93. The van der Waals surface area contributed by atoms with E-state index in [1.807, 2.05) is 30.3 Å². The molecule has 2 heterocycles. The lowest BCUT2D eigenvalue weighted by Crippen LogP contribution is -2.61. The molecule has 5 rings (SSSR count). The highest BCUT2D eigenvalue weighted by Crippen LogP contribution is 2.50. The van der Waals surface area contributed by atoms with E-state index in [0.717, 1.165) is 16.9 Å². The highest BCUT2D eigenvalue weighted by atomic mass is 35.5. The van der Waals surface area contributed by atoms with Crippen LogP contribution in [-0.4, -0.2) is 40.4 Å². The van der Waals surface area contributed by atoms with Crippen molar-refractivity contribution in [2.45, 2.75) is 24.9 Å². The molecule has 6 nitrogen and oxygen atoms in total. The van der Waals surface area contributed by atoms with Gasteiger partial charge in [0.15, 0.2) is 0 Å². The molecular weight excluding hydrogens is 589 g/mol. The summed E-state index contributed by atoms with van der Waals surface area (Å²) >= 11 is 19.9. The summed E-state index contributed by atoms with van der Waals surface area (Å²) < 4.78 is 0. The molecule has 0 bridgehead atoms. The van der Waals surface area contributed by atoms with Crippen LogP contribution in [0.2, 0.25) is 15.1 Å². The average molecular weight is 615 g/mol. The summed E-state index contributed by atoms with van der Waals surface area (Å²) in [6.07, 6.45) is 0.708. The number of aromatic hydroxyl groups is 1. The Morgan fingerprint density at radius 3 is 2.23 bits per heavy atom. The zero-order chi connectivity index (χ0) is 28.4. The summed E-state index contributed by atoms with van der Waals surface area (Å²) in [6, 6.07) is 21.9. The van der Waals surface area contributed by atoms with Gasteiger partial charge < -0.3 is 15.7 Å². The van der Waals surface area contributed by atoms with Crippen molar-refractivity contribution in [2.24, 2.45) is 5.73 Å². The number of carbonyl (C=O) groups excluding carboxylic acids is 2. The standard InChI is InChI=1S/C30H26Cl3N3O3S/c31-20-8-6-19(7-9-20)24-25(37)27(40-26(24)22-11-10-21(32)16-23(22)33)28(38)36-14-12-30(13-15-36,29(34)39)35-17-18-4-2-1-3-5-18/h1-11,16,35,37H,12-15,17H2,(H2,34,39). The number of piperidine rings is 1. The Morgan fingerprint density at radius 2 is 1.60 bits per heavy atom. The van der Waals surface area contributed by atoms with E-state index in [0.29, 0.717) is 69.1 Å². The number of benzene rings is 3. The van der Waals surface area contributed by atoms with Gasteiger partial charge in [-0.05, 0) is 48.2 Å². The van der Waals surface area contributed by atoms with Gasteiger partial charge in [0.1, 0.15) is 16.2 Å². The summed E-state index contributed by atoms with van der Waals surface area (Å²) in [5, 5.41) is 16.2. The molecule has 10 heteroatoms. The zero-order valence-electron chi connectivity index (χ0n) is 21.3. The first-order valence-corrected chi connectivity index (χ1v) is 14.6. The average Bonchev–Trinajstić information content (AvgIpc) is 3.29. The molecule has 0 unspecified atom stereocenters. The summed E-state index contributed by atoms with van der Waals surface area (Å²) in [5.41, 5.74) is 7.76. The smallest absolute Gasteiger partial charge is 0.267 e. The number of carbonyl (C=O) groups is 2. The third kappa shape index (κ3) is 5.71. The number of likely N-dealkylation sites (tertiary alicyclic amines) is 1. The van der Waals surface area contributed by atoms with Gasteiger partial charge in [-0.25, -0.2) is 0 Å². The highest BCUT2D eigenvalue weighted by molar-refractivity contribution is 7.18. The summed E-state index contributed by atoms with van der Waals surface area (Å²) in [7, 11) is 0. The van der Waals surface area contributed by atoms with Crippen molar-refractivity contribution in [1.82, 2.24) is 10.2 Å². The Hall–Kier alpha value is -3.07. The Morgan fingerprint density at radius 1 is 0.950 bits per heavy atom. The lowest BCUT2D eigenvalue weighted by atomic mass is 9.86. The van der Waals surface area contributed by atoms with Crippen molar-refractivity contribution in [1.29, 1.82) is 0 Å². The fraction of sp³-hybridized carbons (Fsp3) is 0.200. The van der Waals surface area contributed by atoms with Crippen LogP contribution < -0.4 is 11.1 Å². The van der Waals surface area contributed by atoms with Crippen LogP contribution in [-0.2, 0) is 11.3 Å². The van der Waals surface area contributed by atoms with E-state index in [4.69, 9.17) is 40.5 Å². The summed E-state index contributed by atoms with van der Waals surface area (Å²) in [5.74, 6) is -0.901. The van der Waals surface area contributed by atoms with E-state index in [1.165, 1.54) is 0 Å². The molecule has 0 spiro atoms. The van der Waals surface area contributed by atoms with Gasteiger partial charge in [-0.15, -0.1) is 11.3 Å². The van der Waals surface area contributed by atoms with Gasteiger partial charge in [0.2, 0.25) is 5.91 Å². The van der Waals surface area contributed by atoms with Gasteiger partial charge in [-0.1, -0.05) is 83.3 Å². The van der Waals surface area contributed by atoms with Gasteiger partial charge >= 0.3 is 0 Å². The molecule has 40 heavy (non-hydrogen) atoms. The quantitative estimate of drug-likeness (QED) is 0.209. The Bertz CT molecular complexity index is 1550. The third-order valence-electron chi connectivity index (χ3n) is 7.24. The SMILES string of the molecule is NC(=O)C1(NCc2ccccc2)CCN(C(=O)c2sc(-c3ccc(Cl)cc3Cl)c(-c3ccc(Cl)cc3)c2O)CC1. The number of thiophene rings is 1. The minimum Gasteiger partial charge on any atom is -0.506 e. The predicted molar refractivity (Wildman–Crippen MR) is 162 cm³/mol. The molecule has 1 fully saturated rings. The second kappa shape index (κ2) is 11.8. The van der Waals surface area contributed by atoms with E-state index in [1.54, 1.807) is 47.4 Å². The van der Waals surface area contributed by atoms with Crippen molar-refractivity contribution in [3.8, 4) is 27.3 Å². The fourth-order valence-corrected chi connectivity index (χ4v) is 6.84. The first-order chi connectivity index (χ1) is 19.2. The topological polar surface area (TPSA) is 95.7 Å². The maximum atomic E-state index is 13.8. The van der Waals surface area contributed by atoms with Crippen molar-refractivity contribution in [3.63, 3.8) is 0 Å². The molecule has 0 atom stereocenters. The van der Waals surface area contributed by atoms with E-state index in [2.05, 4.69) is 5.32 Å². The lowest BCUT2D eigenvalue weighted by molar-refractivity contribution is -0.126. The first-order valence-electron chi connectivity index (χ1n) is 12.6. The molecule has 1 aliphatic heterocycles. The second-order valence-electron chi connectivity index (χ2n) is 9.69. The molecule has 4 N–H and O–H groups in total.